The topological polar surface area (TPSA) is 12.5 Å². The first-order chi connectivity index (χ1) is 6.31. The average molecular weight is 175 g/mol. The summed E-state index contributed by atoms with van der Waals surface area (Å²) in [6, 6.07) is 0.249. The van der Waals surface area contributed by atoms with Gasteiger partial charge in [0, 0.05) is 6.20 Å². The van der Waals surface area contributed by atoms with Crippen molar-refractivity contribution < 1.29 is 4.84 Å². The van der Waals surface area contributed by atoms with Crippen LogP contribution >= 0.6 is 0 Å². The summed E-state index contributed by atoms with van der Waals surface area (Å²) in [5, 5.41) is 1.87. The Morgan fingerprint density at radius 2 is 2.23 bits per heavy atom. The molecule has 2 heteroatoms. The van der Waals surface area contributed by atoms with Crippen LogP contribution in [-0.2, 0) is 4.84 Å². The van der Waals surface area contributed by atoms with Gasteiger partial charge in [-0.3, -0.25) is 9.90 Å². The highest BCUT2D eigenvalue weighted by Gasteiger charge is 2.20. The SMILES string of the molecule is CON1C=C(C)C=C2C=CC=CC21. The van der Waals surface area contributed by atoms with Gasteiger partial charge in [-0.1, -0.05) is 30.4 Å². The zero-order chi connectivity index (χ0) is 9.26. The predicted molar refractivity (Wildman–Crippen MR) is 52.8 cm³/mol. The van der Waals surface area contributed by atoms with E-state index in [9.17, 15) is 0 Å². The summed E-state index contributed by atoms with van der Waals surface area (Å²) in [5.41, 5.74) is 2.50. The van der Waals surface area contributed by atoms with Gasteiger partial charge in [0.25, 0.3) is 0 Å². The molecule has 0 saturated carbocycles. The van der Waals surface area contributed by atoms with E-state index >= 15 is 0 Å². The van der Waals surface area contributed by atoms with Crippen LogP contribution in [0.2, 0.25) is 0 Å². The summed E-state index contributed by atoms with van der Waals surface area (Å²) >= 11 is 0. The van der Waals surface area contributed by atoms with Crippen molar-refractivity contribution in [3.63, 3.8) is 0 Å². The first-order valence-electron chi connectivity index (χ1n) is 4.38. The molecule has 0 N–H and O–H groups in total. The molecule has 0 fully saturated rings. The quantitative estimate of drug-likeness (QED) is 0.605. The highest BCUT2D eigenvalue weighted by atomic mass is 16.7. The molecule has 0 bridgehead atoms. The van der Waals surface area contributed by atoms with Gasteiger partial charge in [0.15, 0.2) is 0 Å². The Labute approximate surface area is 78.4 Å². The Morgan fingerprint density at radius 1 is 1.38 bits per heavy atom. The second-order valence-electron chi connectivity index (χ2n) is 3.25. The number of fused-ring (bicyclic) bond motifs is 1. The monoisotopic (exact) mass is 175 g/mol. The van der Waals surface area contributed by atoms with E-state index in [-0.39, 0.29) is 6.04 Å². The molecule has 1 heterocycles. The molecule has 0 spiro atoms. The molecule has 0 radical (unpaired) electrons. The van der Waals surface area contributed by atoms with Crippen molar-refractivity contribution in [2.24, 2.45) is 0 Å². The number of hydrogen-bond donors (Lipinski definition) is 0. The highest BCUT2D eigenvalue weighted by Crippen LogP contribution is 2.24. The number of rotatable bonds is 1. The predicted octanol–water partition coefficient (Wildman–Crippen LogP) is 2.19. The standard InChI is InChI=1S/C11H13NO/c1-9-7-10-5-3-4-6-11(10)12(8-9)13-2/h3-8,11H,1-2H3. The van der Waals surface area contributed by atoms with E-state index in [1.165, 1.54) is 11.1 Å². The molecule has 1 aliphatic heterocycles. The van der Waals surface area contributed by atoms with Crippen LogP contribution in [0.4, 0.5) is 0 Å². The van der Waals surface area contributed by atoms with E-state index in [0.29, 0.717) is 0 Å². The van der Waals surface area contributed by atoms with Crippen molar-refractivity contribution in [2.45, 2.75) is 13.0 Å². The molecule has 0 saturated heterocycles. The lowest BCUT2D eigenvalue weighted by Crippen LogP contribution is -2.32. The largest absolute Gasteiger partial charge is 0.276 e. The van der Waals surface area contributed by atoms with Gasteiger partial charge in [0.05, 0.1) is 13.2 Å². The maximum absolute atomic E-state index is 5.26. The fourth-order valence-electron chi connectivity index (χ4n) is 1.66. The first kappa shape index (κ1) is 8.32. The van der Waals surface area contributed by atoms with Gasteiger partial charge in [-0.25, -0.2) is 0 Å². The molecule has 1 unspecified atom stereocenters. The Morgan fingerprint density at radius 3 is 3.00 bits per heavy atom. The van der Waals surface area contributed by atoms with Gasteiger partial charge in [-0.2, -0.15) is 0 Å². The van der Waals surface area contributed by atoms with Crippen LogP contribution in [0.25, 0.3) is 0 Å². The Balaban J connectivity index is 2.34. The smallest absolute Gasteiger partial charge is 0.0992 e. The molecule has 13 heavy (non-hydrogen) atoms. The molecular formula is C11H13NO. The number of hydroxylamine groups is 2. The van der Waals surface area contributed by atoms with Crippen LogP contribution in [0, 0.1) is 0 Å². The molecule has 0 aromatic carbocycles. The summed E-state index contributed by atoms with van der Waals surface area (Å²) in [4.78, 5) is 5.26. The molecule has 2 aliphatic rings. The van der Waals surface area contributed by atoms with E-state index < -0.39 is 0 Å². The van der Waals surface area contributed by atoms with E-state index in [2.05, 4.69) is 31.2 Å². The second-order valence-corrected chi connectivity index (χ2v) is 3.25. The number of hydrogen-bond acceptors (Lipinski definition) is 2. The summed E-state index contributed by atoms with van der Waals surface area (Å²) in [5.74, 6) is 0. The van der Waals surface area contributed by atoms with Crippen LogP contribution in [0.5, 0.6) is 0 Å². The maximum atomic E-state index is 5.26. The summed E-state index contributed by atoms with van der Waals surface area (Å²) < 4.78 is 0. The summed E-state index contributed by atoms with van der Waals surface area (Å²) in [6.45, 7) is 2.07. The first-order valence-corrected chi connectivity index (χ1v) is 4.38. The number of nitrogens with zero attached hydrogens (tertiary/aromatic N) is 1. The molecule has 68 valence electrons. The van der Waals surface area contributed by atoms with Crippen LogP contribution < -0.4 is 0 Å². The van der Waals surface area contributed by atoms with Gasteiger partial charge in [-0.05, 0) is 18.1 Å². The van der Waals surface area contributed by atoms with Crippen LogP contribution in [0.3, 0.4) is 0 Å². The van der Waals surface area contributed by atoms with Crippen molar-refractivity contribution in [3.05, 3.63) is 47.7 Å². The lowest BCUT2D eigenvalue weighted by atomic mass is 9.97. The summed E-state index contributed by atoms with van der Waals surface area (Å²) in [6.07, 6.45) is 12.5. The van der Waals surface area contributed by atoms with Crippen molar-refractivity contribution in [3.8, 4) is 0 Å². The van der Waals surface area contributed by atoms with Gasteiger partial charge in [0.2, 0.25) is 0 Å². The van der Waals surface area contributed by atoms with E-state index in [0.717, 1.165) is 0 Å². The zero-order valence-electron chi connectivity index (χ0n) is 7.90. The van der Waals surface area contributed by atoms with E-state index in [1.807, 2.05) is 17.3 Å². The van der Waals surface area contributed by atoms with Crippen LogP contribution in [-0.4, -0.2) is 18.2 Å². The maximum Gasteiger partial charge on any atom is 0.0992 e. The number of allylic oxidation sites excluding steroid dienone is 4. The fraction of sp³-hybridized carbons (Fsp3) is 0.273. The molecule has 1 aliphatic carbocycles. The molecule has 2 rings (SSSR count). The minimum Gasteiger partial charge on any atom is -0.276 e. The molecule has 0 aromatic heterocycles. The van der Waals surface area contributed by atoms with E-state index in [4.69, 9.17) is 4.84 Å². The fourth-order valence-corrected chi connectivity index (χ4v) is 1.66. The highest BCUT2D eigenvalue weighted by molar-refractivity contribution is 5.43. The van der Waals surface area contributed by atoms with Crippen molar-refractivity contribution >= 4 is 0 Å². The molecular weight excluding hydrogens is 162 g/mol. The molecule has 2 nitrogen and oxygen atoms in total. The Hall–Kier alpha value is -1.28. The van der Waals surface area contributed by atoms with Crippen LogP contribution in [0.1, 0.15) is 6.92 Å². The van der Waals surface area contributed by atoms with Gasteiger partial charge in [0.1, 0.15) is 0 Å². The zero-order valence-corrected chi connectivity index (χ0v) is 7.90. The summed E-state index contributed by atoms with van der Waals surface area (Å²) in [7, 11) is 1.69. The molecule has 1 atom stereocenters. The average Bonchev–Trinajstić information content (AvgIpc) is 2.16. The Bertz CT molecular complexity index is 323. The third-order valence-corrected chi connectivity index (χ3v) is 2.24. The van der Waals surface area contributed by atoms with Gasteiger partial charge in [-0.15, -0.1) is 0 Å². The van der Waals surface area contributed by atoms with Crippen LogP contribution in [0.15, 0.2) is 47.7 Å². The molecule has 0 amide bonds. The minimum absolute atomic E-state index is 0.249. The lowest BCUT2D eigenvalue weighted by Gasteiger charge is -2.31. The second kappa shape index (κ2) is 3.23. The molecule has 0 aromatic rings. The van der Waals surface area contributed by atoms with E-state index in [1.54, 1.807) is 7.11 Å². The van der Waals surface area contributed by atoms with Crippen molar-refractivity contribution in [1.29, 1.82) is 0 Å². The Kier molecular flexibility index (Phi) is 2.07. The third kappa shape index (κ3) is 1.45. The van der Waals surface area contributed by atoms with Crippen molar-refractivity contribution in [2.75, 3.05) is 7.11 Å². The normalized spacial score (nSPS) is 25.4. The van der Waals surface area contributed by atoms with Crippen molar-refractivity contribution in [1.82, 2.24) is 5.06 Å². The van der Waals surface area contributed by atoms with Gasteiger partial charge < -0.3 is 0 Å². The minimum atomic E-state index is 0.249. The third-order valence-electron chi connectivity index (χ3n) is 2.24. The lowest BCUT2D eigenvalue weighted by molar-refractivity contribution is -0.100. The van der Waals surface area contributed by atoms with Gasteiger partial charge >= 0.3 is 0 Å².